The highest BCUT2D eigenvalue weighted by atomic mass is 19.1. The molecule has 3 heteroatoms. The van der Waals surface area contributed by atoms with Gasteiger partial charge in [0, 0.05) is 12.1 Å². The van der Waals surface area contributed by atoms with Gasteiger partial charge in [-0.05, 0) is 50.3 Å². The van der Waals surface area contributed by atoms with Gasteiger partial charge in [0.1, 0.15) is 5.82 Å². The van der Waals surface area contributed by atoms with Crippen LogP contribution in [-0.4, -0.2) is 12.7 Å². The van der Waals surface area contributed by atoms with Gasteiger partial charge in [-0.25, -0.2) is 4.39 Å². The number of hydrogen-bond acceptors (Lipinski definition) is 2. The van der Waals surface area contributed by atoms with Gasteiger partial charge in [0.05, 0.1) is 6.10 Å². The molecule has 1 aromatic carbocycles. The van der Waals surface area contributed by atoms with Gasteiger partial charge in [-0.15, -0.1) is 0 Å². The first-order valence-corrected chi connectivity index (χ1v) is 6.24. The molecule has 0 radical (unpaired) electrons. The van der Waals surface area contributed by atoms with E-state index >= 15 is 0 Å². The lowest BCUT2D eigenvalue weighted by atomic mass is 9.87. The fraction of sp³-hybridized carbons (Fsp3) is 0.571. The Hall–Kier alpha value is -0.930. The number of hydrogen-bond donors (Lipinski definition) is 1. The smallest absolute Gasteiger partial charge is 0.123 e. The molecule has 94 valence electrons. The van der Waals surface area contributed by atoms with Crippen molar-refractivity contribution < 1.29 is 9.13 Å². The lowest BCUT2D eigenvalue weighted by Crippen LogP contribution is -2.34. The predicted octanol–water partition coefficient (Wildman–Crippen LogP) is 2.96. The summed E-state index contributed by atoms with van der Waals surface area (Å²) in [5, 5.41) is 0. The molecule has 1 aliphatic rings. The Bertz CT molecular complexity index is 372. The normalized spacial score (nSPS) is 23.6. The van der Waals surface area contributed by atoms with Crippen molar-refractivity contribution in [2.24, 2.45) is 5.73 Å². The molecule has 0 aliphatic carbocycles. The van der Waals surface area contributed by atoms with E-state index in [9.17, 15) is 4.39 Å². The topological polar surface area (TPSA) is 35.2 Å². The summed E-state index contributed by atoms with van der Waals surface area (Å²) in [6.45, 7) is 2.82. The van der Waals surface area contributed by atoms with Crippen LogP contribution in [0.5, 0.6) is 0 Å². The Morgan fingerprint density at radius 1 is 1.53 bits per heavy atom. The molecule has 1 saturated heterocycles. The molecule has 1 heterocycles. The van der Waals surface area contributed by atoms with Gasteiger partial charge in [0.15, 0.2) is 0 Å². The van der Waals surface area contributed by atoms with Crippen LogP contribution in [0.2, 0.25) is 0 Å². The van der Waals surface area contributed by atoms with Gasteiger partial charge in [-0.2, -0.15) is 0 Å². The van der Waals surface area contributed by atoms with E-state index in [-0.39, 0.29) is 5.82 Å². The first-order chi connectivity index (χ1) is 8.08. The van der Waals surface area contributed by atoms with Gasteiger partial charge in [0.25, 0.3) is 0 Å². The molecule has 2 unspecified atom stereocenters. The quantitative estimate of drug-likeness (QED) is 0.873. The van der Waals surface area contributed by atoms with E-state index in [1.165, 1.54) is 12.1 Å². The maximum absolute atomic E-state index is 13.2. The average Bonchev–Trinajstić information content (AvgIpc) is 2.79. The Balaban J connectivity index is 1.97. The van der Waals surface area contributed by atoms with Crippen molar-refractivity contribution in [3.05, 3.63) is 35.6 Å². The number of nitrogens with two attached hydrogens (primary N) is 1. The van der Waals surface area contributed by atoms with Crippen LogP contribution in [-0.2, 0) is 10.3 Å². The van der Waals surface area contributed by atoms with Crippen molar-refractivity contribution in [2.75, 3.05) is 6.61 Å². The highest BCUT2D eigenvalue weighted by Gasteiger charge is 2.24. The van der Waals surface area contributed by atoms with Crippen LogP contribution in [0.4, 0.5) is 4.39 Å². The summed E-state index contributed by atoms with van der Waals surface area (Å²) in [6.07, 6.45) is 4.38. The Kier molecular flexibility index (Phi) is 3.79. The van der Waals surface area contributed by atoms with Gasteiger partial charge in [-0.1, -0.05) is 12.1 Å². The SMILES string of the molecule is CC(N)(CCC1CCCO1)c1cccc(F)c1. The van der Waals surface area contributed by atoms with E-state index in [0.717, 1.165) is 37.9 Å². The van der Waals surface area contributed by atoms with Crippen LogP contribution < -0.4 is 5.73 Å². The third-order valence-electron chi connectivity index (χ3n) is 3.49. The zero-order chi connectivity index (χ0) is 12.3. The van der Waals surface area contributed by atoms with Crippen molar-refractivity contribution in [3.8, 4) is 0 Å². The van der Waals surface area contributed by atoms with Crippen LogP contribution in [0, 0.1) is 5.82 Å². The summed E-state index contributed by atoms with van der Waals surface area (Å²) in [7, 11) is 0. The molecule has 0 amide bonds. The van der Waals surface area contributed by atoms with Crippen molar-refractivity contribution in [1.82, 2.24) is 0 Å². The highest BCUT2D eigenvalue weighted by Crippen LogP contribution is 2.27. The maximum Gasteiger partial charge on any atom is 0.123 e. The number of ether oxygens (including phenoxy) is 1. The molecule has 2 nitrogen and oxygen atoms in total. The molecule has 0 spiro atoms. The molecule has 1 aliphatic heterocycles. The van der Waals surface area contributed by atoms with Crippen LogP contribution in [0.25, 0.3) is 0 Å². The summed E-state index contributed by atoms with van der Waals surface area (Å²) in [5.41, 5.74) is 6.64. The number of halogens is 1. The van der Waals surface area contributed by atoms with Crippen LogP contribution in [0.3, 0.4) is 0 Å². The molecule has 2 rings (SSSR count). The fourth-order valence-corrected chi connectivity index (χ4v) is 2.32. The van der Waals surface area contributed by atoms with Crippen molar-refractivity contribution in [1.29, 1.82) is 0 Å². The summed E-state index contributed by atoms with van der Waals surface area (Å²) >= 11 is 0. The van der Waals surface area contributed by atoms with Gasteiger partial charge in [-0.3, -0.25) is 0 Å². The largest absolute Gasteiger partial charge is 0.378 e. The van der Waals surface area contributed by atoms with Crippen LogP contribution in [0.15, 0.2) is 24.3 Å². The van der Waals surface area contributed by atoms with Gasteiger partial charge >= 0.3 is 0 Å². The van der Waals surface area contributed by atoms with Crippen molar-refractivity contribution in [2.45, 2.75) is 44.2 Å². The monoisotopic (exact) mass is 237 g/mol. The van der Waals surface area contributed by atoms with E-state index in [4.69, 9.17) is 10.5 Å². The Labute approximate surface area is 102 Å². The molecule has 2 atom stereocenters. The molecular formula is C14H20FNO. The summed E-state index contributed by atoms with van der Waals surface area (Å²) in [5.74, 6) is -0.226. The predicted molar refractivity (Wildman–Crippen MR) is 66.1 cm³/mol. The fourth-order valence-electron chi connectivity index (χ4n) is 2.32. The van der Waals surface area contributed by atoms with Crippen LogP contribution in [0.1, 0.15) is 38.2 Å². The van der Waals surface area contributed by atoms with E-state index in [1.54, 1.807) is 6.07 Å². The minimum Gasteiger partial charge on any atom is -0.378 e. The molecule has 2 N–H and O–H groups in total. The third-order valence-corrected chi connectivity index (χ3v) is 3.49. The first-order valence-electron chi connectivity index (χ1n) is 6.24. The summed E-state index contributed by atoms with van der Waals surface area (Å²) in [6, 6.07) is 6.57. The minimum atomic E-state index is -0.478. The average molecular weight is 237 g/mol. The third kappa shape index (κ3) is 3.27. The lowest BCUT2D eigenvalue weighted by molar-refractivity contribution is 0.0967. The Morgan fingerprint density at radius 2 is 2.35 bits per heavy atom. The molecular weight excluding hydrogens is 217 g/mol. The molecule has 0 saturated carbocycles. The van der Waals surface area contributed by atoms with Gasteiger partial charge in [0.2, 0.25) is 0 Å². The van der Waals surface area contributed by atoms with Crippen LogP contribution >= 0.6 is 0 Å². The van der Waals surface area contributed by atoms with E-state index in [1.807, 2.05) is 13.0 Å². The standard InChI is InChI=1S/C14H20FNO/c1-14(16,8-7-13-6-3-9-17-13)11-4-2-5-12(15)10-11/h2,4-5,10,13H,3,6-9,16H2,1H3. The van der Waals surface area contributed by atoms with Crippen molar-refractivity contribution in [3.63, 3.8) is 0 Å². The molecule has 1 aromatic rings. The second-order valence-electron chi connectivity index (χ2n) is 5.10. The van der Waals surface area contributed by atoms with E-state index in [0.29, 0.717) is 6.10 Å². The molecule has 17 heavy (non-hydrogen) atoms. The molecule has 1 fully saturated rings. The van der Waals surface area contributed by atoms with Crippen molar-refractivity contribution >= 4 is 0 Å². The zero-order valence-electron chi connectivity index (χ0n) is 10.3. The minimum absolute atomic E-state index is 0.226. The number of benzene rings is 1. The molecule has 0 aromatic heterocycles. The summed E-state index contributed by atoms with van der Waals surface area (Å²) in [4.78, 5) is 0. The zero-order valence-corrected chi connectivity index (χ0v) is 10.3. The Morgan fingerprint density at radius 3 is 3.00 bits per heavy atom. The first kappa shape index (κ1) is 12.5. The number of rotatable bonds is 4. The van der Waals surface area contributed by atoms with E-state index in [2.05, 4.69) is 0 Å². The lowest BCUT2D eigenvalue weighted by Gasteiger charge is -2.26. The highest BCUT2D eigenvalue weighted by molar-refractivity contribution is 5.23. The maximum atomic E-state index is 13.2. The van der Waals surface area contributed by atoms with Gasteiger partial charge < -0.3 is 10.5 Å². The second kappa shape index (κ2) is 5.15. The summed E-state index contributed by atoms with van der Waals surface area (Å²) < 4.78 is 18.7. The van der Waals surface area contributed by atoms with E-state index < -0.39 is 5.54 Å². The molecule has 0 bridgehead atoms. The second-order valence-corrected chi connectivity index (χ2v) is 5.10.